The molecule has 0 unspecified atom stereocenters. The Balaban J connectivity index is 2.08. The van der Waals surface area contributed by atoms with Gasteiger partial charge in [-0.3, -0.25) is 30.6 Å². The predicted molar refractivity (Wildman–Crippen MR) is 87.7 cm³/mol. The Morgan fingerprint density at radius 2 is 1.84 bits per heavy atom. The topological polar surface area (TPSA) is 131 Å². The summed E-state index contributed by atoms with van der Waals surface area (Å²) in [5.41, 5.74) is 3.83. The first-order valence-corrected chi connectivity index (χ1v) is 7.13. The van der Waals surface area contributed by atoms with Gasteiger partial charge in [0.1, 0.15) is 5.75 Å². The number of hydrogen-bond acceptors (Lipinski definition) is 6. The summed E-state index contributed by atoms with van der Waals surface area (Å²) >= 11 is 5.80. The third kappa shape index (κ3) is 4.15. The summed E-state index contributed by atoms with van der Waals surface area (Å²) in [6, 6.07) is 7.38. The van der Waals surface area contributed by atoms with Crippen LogP contribution in [0, 0.1) is 10.1 Å². The lowest BCUT2D eigenvalue weighted by Gasteiger charge is -2.10. The highest BCUT2D eigenvalue weighted by Crippen LogP contribution is 2.26. The van der Waals surface area contributed by atoms with Gasteiger partial charge in [0.15, 0.2) is 5.75 Å². The Morgan fingerprint density at radius 1 is 1.16 bits per heavy atom. The number of nitrogens with one attached hydrogen (secondary N) is 2. The van der Waals surface area contributed by atoms with Crippen molar-refractivity contribution in [3.05, 3.63) is 62.7 Å². The molecular weight excluding hydrogens is 354 g/mol. The lowest BCUT2D eigenvalue weighted by atomic mass is 10.2. The van der Waals surface area contributed by atoms with Crippen LogP contribution in [0.1, 0.15) is 20.7 Å². The van der Waals surface area contributed by atoms with Gasteiger partial charge < -0.3 is 9.84 Å². The largest absolute Gasteiger partial charge is 0.502 e. The van der Waals surface area contributed by atoms with E-state index in [2.05, 4.69) is 10.9 Å². The van der Waals surface area contributed by atoms with Gasteiger partial charge in [-0.15, -0.1) is 0 Å². The minimum Gasteiger partial charge on any atom is -0.502 e. The molecule has 0 aromatic heterocycles. The molecule has 130 valence electrons. The van der Waals surface area contributed by atoms with Crippen molar-refractivity contribution in [2.24, 2.45) is 0 Å². The average molecular weight is 366 g/mol. The van der Waals surface area contributed by atoms with E-state index in [-0.39, 0.29) is 16.9 Å². The molecule has 2 amide bonds. The first-order chi connectivity index (χ1) is 11.8. The number of rotatable bonds is 4. The minimum atomic E-state index is -0.786. The number of hydrazine groups is 1. The molecule has 0 saturated carbocycles. The summed E-state index contributed by atoms with van der Waals surface area (Å²) in [6.45, 7) is 0. The number of phenols is 1. The average Bonchev–Trinajstić information content (AvgIpc) is 2.58. The zero-order valence-corrected chi connectivity index (χ0v) is 13.5. The molecule has 0 bridgehead atoms. The van der Waals surface area contributed by atoms with Crippen LogP contribution in [0.4, 0.5) is 5.69 Å². The van der Waals surface area contributed by atoms with Gasteiger partial charge in [-0.1, -0.05) is 11.6 Å². The van der Waals surface area contributed by atoms with Gasteiger partial charge in [-0.25, -0.2) is 0 Å². The Labute approximate surface area is 146 Å². The number of carbonyl (C=O) groups is 2. The van der Waals surface area contributed by atoms with E-state index in [4.69, 9.17) is 16.3 Å². The van der Waals surface area contributed by atoms with Gasteiger partial charge in [0, 0.05) is 16.7 Å². The molecule has 0 fully saturated rings. The van der Waals surface area contributed by atoms with Crippen molar-refractivity contribution in [2.45, 2.75) is 0 Å². The van der Waals surface area contributed by atoms with Gasteiger partial charge in [0.2, 0.25) is 0 Å². The minimum absolute atomic E-state index is 0.0773. The Hall–Kier alpha value is -3.33. The van der Waals surface area contributed by atoms with E-state index in [1.807, 2.05) is 0 Å². The number of nitrogens with zero attached hydrogens (tertiary/aromatic N) is 1. The van der Waals surface area contributed by atoms with Crippen LogP contribution < -0.4 is 15.6 Å². The fraction of sp³-hybridized carbons (Fsp3) is 0.0667. The van der Waals surface area contributed by atoms with Crippen LogP contribution in [0.3, 0.4) is 0 Å². The number of phenolic OH excluding ortho intramolecular Hbond substituents is 1. The lowest BCUT2D eigenvalue weighted by molar-refractivity contribution is -0.385. The fourth-order valence-corrected chi connectivity index (χ4v) is 2.09. The molecule has 9 nitrogen and oxygen atoms in total. The highest BCUT2D eigenvalue weighted by atomic mass is 35.5. The number of nitro groups is 1. The quantitative estimate of drug-likeness (QED) is 0.561. The maximum atomic E-state index is 12.1. The number of benzene rings is 2. The normalized spacial score (nSPS) is 10.0. The van der Waals surface area contributed by atoms with Gasteiger partial charge >= 0.3 is 5.69 Å². The molecule has 3 N–H and O–H groups in total. The first kappa shape index (κ1) is 18.0. The van der Waals surface area contributed by atoms with Crippen LogP contribution in [0.25, 0.3) is 0 Å². The third-order valence-electron chi connectivity index (χ3n) is 3.13. The number of aromatic hydroxyl groups is 1. The molecule has 2 aromatic rings. The van der Waals surface area contributed by atoms with Crippen molar-refractivity contribution in [2.75, 3.05) is 7.11 Å². The molecule has 0 saturated heterocycles. The summed E-state index contributed by atoms with van der Waals surface area (Å²) in [5.74, 6) is -1.88. The smallest absolute Gasteiger partial charge is 0.310 e. The number of methoxy groups -OCH3 is 1. The zero-order chi connectivity index (χ0) is 18.6. The van der Waals surface area contributed by atoms with Gasteiger partial charge in [0.05, 0.1) is 17.6 Å². The highest BCUT2D eigenvalue weighted by Gasteiger charge is 2.17. The number of hydrogen-bond donors (Lipinski definition) is 3. The van der Waals surface area contributed by atoms with E-state index >= 15 is 0 Å². The van der Waals surface area contributed by atoms with Crippen molar-refractivity contribution in [1.29, 1.82) is 0 Å². The Kier molecular flexibility index (Phi) is 5.40. The van der Waals surface area contributed by atoms with Crippen molar-refractivity contribution >= 4 is 29.1 Å². The monoisotopic (exact) mass is 365 g/mol. The molecule has 0 atom stereocenters. The number of nitro benzene ring substituents is 1. The van der Waals surface area contributed by atoms with E-state index in [1.165, 1.54) is 25.3 Å². The molecule has 25 heavy (non-hydrogen) atoms. The predicted octanol–water partition coefficient (Wildman–Crippen LogP) is 2.04. The van der Waals surface area contributed by atoms with E-state index in [0.717, 1.165) is 18.2 Å². The number of ether oxygens (including phenoxy) is 1. The number of halogens is 1. The standard InChI is InChI=1S/C15H12ClN3O6/c1-25-13-7-9(16)3-4-10(13)15(22)18-17-14(21)8-2-5-11(19(23)24)12(20)6-8/h2-7,20H,1H3,(H,17,21)(H,18,22). The van der Waals surface area contributed by atoms with E-state index < -0.39 is 28.2 Å². The number of carbonyl (C=O) groups excluding carboxylic acids is 2. The fourth-order valence-electron chi connectivity index (χ4n) is 1.92. The van der Waals surface area contributed by atoms with Gasteiger partial charge in [-0.2, -0.15) is 0 Å². The summed E-state index contributed by atoms with van der Waals surface area (Å²) in [4.78, 5) is 33.9. The molecule has 0 radical (unpaired) electrons. The SMILES string of the molecule is COc1cc(Cl)ccc1C(=O)NNC(=O)c1ccc([N+](=O)[O-])c(O)c1. The molecule has 0 aliphatic rings. The molecule has 10 heteroatoms. The second-order valence-electron chi connectivity index (χ2n) is 4.71. The Bertz CT molecular complexity index is 855. The van der Waals surface area contributed by atoms with Crippen molar-refractivity contribution in [3.8, 4) is 11.5 Å². The van der Waals surface area contributed by atoms with Crippen LogP contribution in [0.5, 0.6) is 11.5 Å². The maximum Gasteiger partial charge on any atom is 0.310 e. The van der Waals surface area contributed by atoms with Crippen LogP contribution in [0.15, 0.2) is 36.4 Å². The maximum absolute atomic E-state index is 12.1. The van der Waals surface area contributed by atoms with Crippen LogP contribution in [-0.4, -0.2) is 29.0 Å². The van der Waals surface area contributed by atoms with Crippen LogP contribution in [-0.2, 0) is 0 Å². The molecule has 0 aliphatic heterocycles. The van der Waals surface area contributed by atoms with Gasteiger partial charge in [-0.05, 0) is 30.3 Å². The summed E-state index contributed by atoms with van der Waals surface area (Å²) in [6.07, 6.45) is 0. The molecular formula is C15H12ClN3O6. The second-order valence-corrected chi connectivity index (χ2v) is 5.15. The van der Waals surface area contributed by atoms with Crippen molar-refractivity contribution in [1.82, 2.24) is 10.9 Å². The molecule has 0 aliphatic carbocycles. The van der Waals surface area contributed by atoms with Crippen molar-refractivity contribution in [3.63, 3.8) is 0 Å². The van der Waals surface area contributed by atoms with E-state index in [9.17, 15) is 24.8 Å². The molecule has 0 heterocycles. The first-order valence-electron chi connectivity index (χ1n) is 6.75. The zero-order valence-electron chi connectivity index (χ0n) is 12.8. The summed E-state index contributed by atoms with van der Waals surface area (Å²) in [5, 5.41) is 20.5. The second kappa shape index (κ2) is 7.49. The van der Waals surface area contributed by atoms with E-state index in [0.29, 0.717) is 5.02 Å². The Morgan fingerprint density at radius 3 is 2.44 bits per heavy atom. The third-order valence-corrected chi connectivity index (χ3v) is 3.37. The van der Waals surface area contributed by atoms with Crippen LogP contribution in [0.2, 0.25) is 5.02 Å². The van der Waals surface area contributed by atoms with Crippen molar-refractivity contribution < 1.29 is 24.4 Å². The highest BCUT2D eigenvalue weighted by molar-refractivity contribution is 6.30. The molecule has 2 aromatic carbocycles. The lowest BCUT2D eigenvalue weighted by Crippen LogP contribution is -2.41. The summed E-state index contributed by atoms with van der Waals surface area (Å²) < 4.78 is 5.04. The molecule has 0 spiro atoms. The summed E-state index contributed by atoms with van der Waals surface area (Å²) in [7, 11) is 1.36. The molecule has 2 rings (SSSR count). The number of amides is 2. The van der Waals surface area contributed by atoms with E-state index in [1.54, 1.807) is 0 Å². The van der Waals surface area contributed by atoms with Gasteiger partial charge in [0.25, 0.3) is 11.8 Å². The van der Waals surface area contributed by atoms with Crippen LogP contribution >= 0.6 is 11.6 Å².